The molecule has 0 radical (unpaired) electrons. The molecule has 0 bridgehead atoms. The van der Waals surface area contributed by atoms with E-state index in [2.05, 4.69) is 16.0 Å². The summed E-state index contributed by atoms with van der Waals surface area (Å²) in [5, 5.41) is 9.96. The number of urea groups is 1. The molecule has 2 atom stereocenters. The molecule has 3 N–H and O–H groups in total. The van der Waals surface area contributed by atoms with Crippen LogP contribution in [-0.2, 0) is 4.74 Å². The molecule has 0 aromatic heterocycles. The first kappa shape index (κ1) is 20.3. The lowest BCUT2D eigenvalue weighted by Gasteiger charge is -2.25. The fraction of sp³-hybridized carbons (Fsp3) is 0.533. The van der Waals surface area contributed by atoms with Crippen LogP contribution in [0.3, 0.4) is 0 Å². The lowest BCUT2D eigenvalue weighted by molar-refractivity contribution is 0.0539. The molecule has 0 spiro atoms. The van der Waals surface area contributed by atoms with E-state index in [4.69, 9.17) is 27.9 Å². The molecule has 1 saturated heterocycles. The van der Waals surface area contributed by atoms with Gasteiger partial charge in [0.25, 0.3) is 0 Å². The van der Waals surface area contributed by atoms with Gasteiger partial charge >= 0.3 is 6.03 Å². The van der Waals surface area contributed by atoms with Crippen molar-refractivity contribution in [2.24, 2.45) is 0 Å². The number of benzene rings is 1. The van der Waals surface area contributed by atoms with Gasteiger partial charge in [-0.3, -0.25) is 0 Å². The maximum atomic E-state index is 11.6. The van der Waals surface area contributed by atoms with Gasteiger partial charge in [0, 0.05) is 32.1 Å². The number of carbonyl (C=O) groups is 1. The number of hydrogen-bond donors (Lipinski definition) is 3. The predicted octanol–water partition coefficient (Wildman–Crippen LogP) is 2.81. The zero-order valence-electron chi connectivity index (χ0n) is 12.9. The molecular formula is C15H22Cl3N3O2. The summed E-state index contributed by atoms with van der Waals surface area (Å²) >= 11 is 12.1. The Bertz CT molecular complexity index is 517. The minimum Gasteiger partial charge on any atom is -0.374 e. The number of amides is 2. The molecule has 1 aromatic rings. The van der Waals surface area contributed by atoms with Crippen LogP contribution in [0.25, 0.3) is 0 Å². The van der Waals surface area contributed by atoms with Crippen LogP contribution in [-0.4, -0.2) is 44.9 Å². The number of ether oxygens (including phenoxy) is 1. The zero-order valence-corrected chi connectivity index (χ0v) is 15.2. The van der Waals surface area contributed by atoms with Gasteiger partial charge < -0.3 is 20.7 Å². The highest BCUT2D eigenvalue weighted by Crippen LogP contribution is 2.29. The minimum atomic E-state index is -0.184. The van der Waals surface area contributed by atoms with Crippen molar-refractivity contribution in [1.29, 1.82) is 0 Å². The Morgan fingerprint density at radius 1 is 1.35 bits per heavy atom. The number of nitrogens with one attached hydrogen (secondary N) is 3. The molecule has 0 saturated carbocycles. The Balaban J connectivity index is 0.00000264. The standard InChI is InChI=1S/C15H21Cl2N3O2.ClH/c1-2-19-15(21)20-9-14-11(8-18-5-6-22-14)10-3-4-12(16)13(17)7-10;/h3-4,7,11,14,18H,2,5-6,8-9H2,1H3,(H2,19,20,21);1H. The second-order valence-electron chi connectivity index (χ2n) is 5.13. The highest BCUT2D eigenvalue weighted by molar-refractivity contribution is 6.42. The third kappa shape index (κ3) is 6.01. The zero-order chi connectivity index (χ0) is 15.9. The molecule has 2 unspecified atom stereocenters. The van der Waals surface area contributed by atoms with E-state index in [1.807, 2.05) is 19.1 Å². The van der Waals surface area contributed by atoms with Crippen LogP contribution in [0.15, 0.2) is 18.2 Å². The maximum absolute atomic E-state index is 11.6. The Hall–Kier alpha value is -0.720. The second kappa shape index (κ2) is 10.2. The highest BCUT2D eigenvalue weighted by atomic mass is 35.5. The smallest absolute Gasteiger partial charge is 0.314 e. The molecule has 5 nitrogen and oxygen atoms in total. The average molecular weight is 383 g/mol. The predicted molar refractivity (Wildman–Crippen MR) is 96.1 cm³/mol. The lowest BCUT2D eigenvalue weighted by atomic mass is 9.93. The van der Waals surface area contributed by atoms with Crippen molar-refractivity contribution in [3.8, 4) is 0 Å². The molecule has 1 heterocycles. The highest BCUT2D eigenvalue weighted by Gasteiger charge is 2.26. The monoisotopic (exact) mass is 381 g/mol. The van der Waals surface area contributed by atoms with Crippen LogP contribution in [0.4, 0.5) is 4.79 Å². The topological polar surface area (TPSA) is 62.4 Å². The number of halogens is 3. The Kier molecular flexibility index (Phi) is 9.02. The van der Waals surface area contributed by atoms with Gasteiger partial charge in [0.2, 0.25) is 0 Å². The largest absolute Gasteiger partial charge is 0.374 e. The van der Waals surface area contributed by atoms with Gasteiger partial charge in [-0.15, -0.1) is 12.4 Å². The molecule has 130 valence electrons. The molecule has 23 heavy (non-hydrogen) atoms. The number of rotatable bonds is 4. The summed E-state index contributed by atoms with van der Waals surface area (Å²) in [4.78, 5) is 11.6. The van der Waals surface area contributed by atoms with Gasteiger partial charge in [0.05, 0.1) is 22.8 Å². The van der Waals surface area contributed by atoms with Crippen molar-refractivity contribution >= 4 is 41.6 Å². The van der Waals surface area contributed by atoms with E-state index in [1.165, 1.54) is 0 Å². The van der Waals surface area contributed by atoms with Crippen LogP contribution >= 0.6 is 35.6 Å². The van der Waals surface area contributed by atoms with E-state index >= 15 is 0 Å². The normalized spacial score (nSPS) is 21.0. The maximum Gasteiger partial charge on any atom is 0.314 e. The Labute approximate surface area is 152 Å². The van der Waals surface area contributed by atoms with E-state index in [-0.39, 0.29) is 30.5 Å². The molecule has 1 aliphatic rings. The molecule has 1 aliphatic heterocycles. The summed E-state index contributed by atoms with van der Waals surface area (Å²) in [5.74, 6) is 0.0965. The Morgan fingerprint density at radius 3 is 2.83 bits per heavy atom. The lowest BCUT2D eigenvalue weighted by Crippen LogP contribution is -2.42. The summed E-state index contributed by atoms with van der Waals surface area (Å²) in [5.41, 5.74) is 1.05. The van der Waals surface area contributed by atoms with Crippen LogP contribution in [0.1, 0.15) is 18.4 Å². The quantitative estimate of drug-likeness (QED) is 0.750. The fourth-order valence-electron chi connectivity index (χ4n) is 2.48. The first-order chi connectivity index (χ1) is 10.6. The molecular weight excluding hydrogens is 361 g/mol. The van der Waals surface area contributed by atoms with Crippen molar-refractivity contribution < 1.29 is 9.53 Å². The van der Waals surface area contributed by atoms with Gasteiger partial charge in [-0.2, -0.15) is 0 Å². The van der Waals surface area contributed by atoms with E-state index in [0.29, 0.717) is 29.7 Å². The van der Waals surface area contributed by atoms with Crippen molar-refractivity contribution in [1.82, 2.24) is 16.0 Å². The first-order valence-electron chi connectivity index (χ1n) is 7.40. The third-order valence-corrected chi connectivity index (χ3v) is 4.34. The van der Waals surface area contributed by atoms with Crippen molar-refractivity contribution in [3.63, 3.8) is 0 Å². The van der Waals surface area contributed by atoms with Crippen LogP contribution in [0, 0.1) is 0 Å². The van der Waals surface area contributed by atoms with E-state index in [1.54, 1.807) is 6.07 Å². The molecule has 1 aromatic carbocycles. The van der Waals surface area contributed by atoms with Gasteiger partial charge in [0.15, 0.2) is 0 Å². The van der Waals surface area contributed by atoms with Crippen LogP contribution < -0.4 is 16.0 Å². The van der Waals surface area contributed by atoms with Gasteiger partial charge in [-0.05, 0) is 24.6 Å². The fourth-order valence-corrected chi connectivity index (χ4v) is 2.79. The minimum absolute atomic E-state index is 0. The third-order valence-electron chi connectivity index (χ3n) is 3.60. The summed E-state index contributed by atoms with van der Waals surface area (Å²) in [6.07, 6.45) is -0.116. The number of carbonyl (C=O) groups excluding carboxylic acids is 1. The van der Waals surface area contributed by atoms with Gasteiger partial charge in [-0.1, -0.05) is 29.3 Å². The SMILES string of the molecule is CCNC(=O)NCC1OCCNCC1c1ccc(Cl)c(Cl)c1.Cl. The average Bonchev–Trinajstić information content (AvgIpc) is 2.74. The molecule has 1 fully saturated rings. The van der Waals surface area contributed by atoms with Crippen molar-refractivity contribution in [3.05, 3.63) is 33.8 Å². The molecule has 0 aliphatic carbocycles. The Morgan fingerprint density at radius 2 is 2.13 bits per heavy atom. The summed E-state index contributed by atoms with van der Waals surface area (Å²) in [6.45, 7) is 5.08. The van der Waals surface area contributed by atoms with Gasteiger partial charge in [-0.25, -0.2) is 4.79 Å². The van der Waals surface area contributed by atoms with E-state index < -0.39 is 0 Å². The first-order valence-corrected chi connectivity index (χ1v) is 8.16. The molecule has 8 heteroatoms. The van der Waals surface area contributed by atoms with E-state index in [0.717, 1.165) is 18.7 Å². The van der Waals surface area contributed by atoms with Crippen molar-refractivity contribution in [2.75, 3.05) is 32.8 Å². The summed E-state index contributed by atoms with van der Waals surface area (Å²) in [6, 6.07) is 5.42. The number of hydrogen-bond acceptors (Lipinski definition) is 3. The van der Waals surface area contributed by atoms with Crippen LogP contribution in [0.5, 0.6) is 0 Å². The summed E-state index contributed by atoms with van der Waals surface area (Å²) in [7, 11) is 0. The van der Waals surface area contributed by atoms with E-state index in [9.17, 15) is 4.79 Å². The van der Waals surface area contributed by atoms with Crippen LogP contribution in [0.2, 0.25) is 10.0 Å². The molecule has 2 rings (SSSR count). The second-order valence-corrected chi connectivity index (χ2v) is 5.95. The summed E-state index contributed by atoms with van der Waals surface area (Å²) < 4.78 is 5.89. The van der Waals surface area contributed by atoms with Gasteiger partial charge in [0.1, 0.15) is 0 Å². The van der Waals surface area contributed by atoms with Crippen molar-refractivity contribution in [2.45, 2.75) is 18.9 Å². The molecule has 2 amide bonds.